The van der Waals surface area contributed by atoms with Crippen LogP contribution >= 0.6 is 0 Å². The molecule has 0 aromatic heterocycles. The normalized spacial score (nSPS) is 28.5. The van der Waals surface area contributed by atoms with Crippen LogP contribution in [0.3, 0.4) is 0 Å². The Balaban J connectivity index is 1.67. The zero-order valence-electron chi connectivity index (χ0n) is 12.6. The highest BCUT2D eigenvalue weighted by Crippen LogP contribution is 2.27. The van der Waals surface area contributed by atoms with Gasteiger partial charge < -0.3 is 9.64 Å². The van der Waals surface area contributed by atoms with Crippen LogP contribution in [0.25, 0.3) is 0 Å². The van der Waals surface area contributed by atoms with Crippen LogP contribution < -0.4 is 0 Å². The molecule has 2 fully saturated rings. The third kappa shape index (κ3) is 4.48. The summed E-state index contributed by atoms with van der Waals surface area (Å²) in [6.07, 6.45) is 10.5. The van der Waals surface area contributed by atoms with Gasteiger partial charge in [0.15, 0.2) is 0 Å². The number of hydrogen-bond donors (Lipinski definition) is 0. The van der Waals surface area contributed by atoms with Crippen LogP contribution in [0, 0.1) is 11.8 Å². The van der Waals surface area contributed by atoms with Gasteiger partial charge >= 0.3 is 0 Å². The minimum atomic E-state index is 0.157. The summed E-state index contributed by atoms with van der Waals surface area (Å²) < 4.78 is 5.85. The molecule has 3 nitrogen and oxygen atoms in total. The number of carbonyl (C=O) groups is 1. The minimum absolute atomic E-state index is 0.157. The lowest BCUT2D eigenvalue weighted by Crippen LogP contribution is -2.36. The van der Waals surface area contributed by atoms with Crippen molar-refractivity contribution in [3.63, 3.8) is 0 Å². The monoisotopic (exact) mass is 267 g/mol. The fourth-order valence-electron chi connectivity index (χ4n) is 3.50. The summed E-state index contributed by atoms with van der Waals surface area (Å²) in [4.78, 5) is 14.0. The maximum Gasteiger partial charge on any atom is 0.248 e. The van der Waals surface area contributed by atoms with Crippen LogP contribution in [-0.2, 0) is 9.53 Å². The topological polar surface area (TPSA) is 29.5 Å². The average Bonchev–Trinajstić information content (AvgIpc) is 2.90. The predicted octanol–water partition coefficient (Wildman–Crippen LogP) is 3.23. The fourth-order valence-corrected chi connectivity index (χ4v) is 3.50. The first-order chi connectivity index (χ1) is 9.16. The molecular formula is C16H29NO2. The summed E-state index contributed by atoms with van der Waals surface area (Å²) in [7, 11) is 1.92. The molecule has 2 aliphatic carbocycles. The van der Waals surface area contributed by atoms with Gasteiger partial charge in [0.1, 0.15) is 6.61 Å². The number of carbonyl (C=O) groups excluding carboxylic acids is 1. The lowest BCUT2D eigenvalue weighted by molar-refractivity contribution is -0.139. The van der Waals surface area contributed by atoms with Gasteiger partial charge in [0.2, 0.25) is 5.91 Å². The second-order valence-electron chi connectivity index (χ2n) is 6.54. The van der Waals surface area contributed by atoms with E-state index in [1.807, 2.05) is 11.9 Å². The highest BCUT2D eigenvalue weighted by molar-refractivity contribution is 5.77. The Morgan fingerprint density at radius 3 is 2.42 bits per heavy atom. The molecule has 0 unspecified atom stereocenters. The molecule has 110 valence electrons. The molecular weight excluding hydrogens is 238 g/mol. The van der Waals surface area contributed by atoms with Crippen molar-refractivity contribution in [1.29, 1.82) is 0 Å². The summed E-state index contributed by atoms with van der Waals surface area (Å²) in [6.45, 7) is 3.44. The molecule has 3 heteroatoms. The maximum atomic E-state index is 12.1. The number of ether oxygens (including phenoxy) is 1. The number of likely N-dealkylation sites (N-methyl/N-ethyl adjacent to an activating group) is 1. The number of hydrogen-bond acceptors (Lipinski definition) is 2. The van der Waals surface area contributed by atoms with E-state index in [4.69, 9.17) is 4.74 Å². The molecule has 0 bridgehead atoms. The van der Waals surface area contributed by atoms with Crippen molar-refractivity contribution in [3.05, 3.63) is 0 Å². The molecule has 0 aromatic carbocycles. The molecule has 0 N–H and O–H groups in total. The molecule has 0 aliphatic heterocycles. The van der Waals surface area contributed by atoms with Crippen molar-refractivity contribution in [3.8, 4) is 0 Å². The van der Waals surface area contributed by atoms with E-state index in [0.717, 1.165) is 18.9 Å². The Hall–Kier alpha value is -0.570. The van der Waals surface area contributed by atoms with E-state index in [-0.39, 0.29) is 12.5 Å². The van der Waals surface area contributed by atoms with Gasteiger partial charge in [-0.2, -0.15) is 0 Å². The molecule has 0 radical (unpaired) electrons. The Labute approximate surface area is 117 Å². The van der Waals surface area contributed by atoms with Crippen molar-refractivity contribution in [2.75, 3.05) is 20.2 Å². The molecule has 0 spiro atoms. The zero-order chi connectivity index (χ0) is 13.7. The summed E-state index contributed by atoms with van der Waals surface area (Å²) in [6, 6.07) is 0. The smallest absolute Gasteiger partial charge is 0.248 e. The molecule has 2 atom stereocenters. The highest BCUT2D eigenvalue weighted by atomic mass is 16.5. The van der Waals surface area contributed by atoms with Gasteiger partial charge in [-0.3, -0.25) is 4.79 Å². The SMILES string of the molecule is C[C@@H]1CCCC[C@@H]1OCC(=O)N(C)CC1CCCC1. The third-order valence-electron chi connectivity index (χ3n) is 4.89. The third-order valence-corrected chi connectivity index (χ3v) is 4.89. The number of amides is 1. The van der Waals surface area contributed by atoms with Crippen molar-refractivity contribution < 1.29 is 9.53 Å². The molecule has 0 aromatic rings. The molecule has 19 heavy (non-hydrogen) atoms. The van der Waals surface area contributed by atoms with Crippen LogP contribution in [0.1, 0.15) is 58.3 Å². The fraction of sp³-hybridized carbons (Fsp3) is 0.938. The van der Waals surface area contributed by atoms with E-state index in [1.54, 1.807) is 0 Å². The maximum absolute atomic E-state index is 12.1. The van der Waals surface area contributed by atoms with Crippen molar-refractivity contribution in [2.24, 2.45) is 11.8 Å². The summed E-state index contributed by atoms with van der Waals surface area (Å²) in [5.41, 5.74) is 0. The van der Waals surface area contributed by atoms with Crippen LogP contribution in [0.5, 0.6) is 0 Å². The van der Waals surface area contributed by atoms with Crippen molar-refractivity contribution >= 4 is 5.91 Å². The van der Waals surface area contributed by atoms with Gasteiger partial charge in [0.25, 0.3) is 0 Å². The molecule has 2 saturated carbocycles. The first kappa shape index (κ1) is 14.8. The summed E-state index contributed by atoms with van der Waals surface area (Å²) >= 11 is 0. The van der Waals surface area contributed by atoms with E-state index < -0.39 is 0 Å². The van der Waals surface area contributed by atoms with E-state index in [9.17, 15) is 4.79 Å². The molecule has 0 saturated heterocycles. The van der Waals surface area contributed by atoms with Gasteiger partial charge in [0, 0.05) is 13.6 Å². The molecule has 2 aliphatic rings. The number of rotatable bonds is 5. The van der Waals surface area contributed by atoms with E-state index in [2.05, 4.69) is 6.92 Å². The van der Waals surface area contributed by atoms with E-state index in [1.165, 1.54) is 44.9 Å². The second-order valence-corrected chi connectivity index (χ2v) is 6.54. The number of nitrogens with zero attached hydrogens (tertiary/aromatic N) is 1. The van der Waals surface area contributed by atoms with Crippen LogP contribution in [-0.4, -0.2) is 37.1 Å². The van der Waals surface area contributed by atoms with Crippen LogP contribution in [0.2, 0.25) is 0 Å². The largest absolute Gasteiger partial charge is 0.368 e. The summed E-state index contributed by atoms with van der Waals surface area (Å²) in [5, 5.41) is 0. The lowest BCUT2D eigenvalue weighted by Gasteiger charge is -2.29. The molecule has 2 rings (SSSR count). The molecule has 1 amide bonds. The van der Waals surface area contributed by atoms with E-state index >= 15 is 0 Å². The lowest BCUT2D eigenvalue weighted by atomic mass is 9.88. The first-order valence-corrected chi connectivity index (χ1v) is 8.02. The standard InChI is InChI=1S/C16H29NO2/c1-13-7-3-6-10-15(13)19-12-16(18)17(2)11-14-8-4-5-9-14/h13-15H,3-12H2,1-2H3/t13-,15+/m1/s1. The second kappa shape index (κ2) is 7.28. The van der Waals surface area contributed by atoms with Crippen molar-refractivity contribution in [2.45, 2.75) is 64.4 Å². The summed E-state index contributed by atoms with van der Waals surface area (Å²) in [5.74, 6) is 1.49. The van der Waals surface area contributed by atoms with Gasteiger partial charge in [-0.15, -0.1) is 0 Å². The quantitative estimate of drug-likeness (QED) is 0.765. The molecule has 0 heterocycles. The van der Waals surface area contributed by atoms with Crippen molar-refractivity contribution in [1.82, 2.24) is 4.90 Å². The Morgan fingerprint density at radius 1 is 1.11 bits per heavy atom. The van der Waals surface area contributed by atoms with E-state index in [0.29, 0.717) is 12.0 Å². The Kier molecular flexibility index (Phi) is 5.68. The highest BCUT2D eigenvalue weighted by Gasteiger charge is 2.24. The zero-order valence-corrected chi connectivity index (χ0v) is 12.6. The predicted molar refractivity (Wildman–Crippen MR) is 77.0 cm³/mol. The Morgan fingerprint density at radius 2 is 1.74 bits per heavy atom. The average molecular weight is 267 g/mol. The first-order valence-electron chi connectivity index (χ1n) is 8.02. The van der Waals surface area contributed by atoms with Gasteiger partial charge in [0.05, 0.1) is 6.10 Å². The van der Waals surface area contributed by atoms with Gasteiger partial charge in [-0.1, -0.05) is 32.6 Å². The minimum Gasteiger partial charge on any atom is -0.368 e. The Bertz CT molecular complexity index is 286. The van der Waals surface area contributed by atoms with Crippen LogP contribution in [0.4, 0.5) is 0 Å². The van der Waals surface area contributed by atoms with Gasteiger partial charge in [-0.25, -0.2) is 0 Å². The van der Waals surface area contributed by atoms with Gasteiger partial charge in [-0.05, 0) is 37.5 Å². The van der Waals surface area contributed by atoms with Crippen LogP contribution in [0.15, 0.2) is 0 Å².